The van der Waals surface area contributed by atoms with Gasteiger partial charge in [-0.05, 0) is 25.0 Å². The average Bonchev–Trinajstić information content (AvgIpc) is 2.33. The van der Waals surface area contributed by atoms with Crippen molar-refractivity contribution in [2.45, 2.75) is 19.3 Å². The van der Waals surface area contributed by atoms with Crippen LogP contribution in [-0.4, -0.2) is 23.7 Å². The standard InChI is InChI=1S/C12H14ClFN2O3/c13-8-4-3-5-9(14)11(8)16-12(19)15-7-2-1-6-10(17)18/h3-5H,1-2,6-7H2,(H,17,18)(H2,15,16,19). The van der Waals surface area contributed by atoms with Crippen molar-refractivity contribution in [2.75, 3.05) is 11.9 Å². The van der Waals surface area contributed by atoms with E-state index in [0.29, 0.717) is 19.4 Å². The minimum Gasteiger partial charge on any atom is -0.481 e. The number of carboxylic acid groups (broad SMARTS) is 1. The number of hydrogen-bond acceptors (Lipinski definition) is 2. The number of anilines is 1. The van der Waals surface area contributed by atoms with Gasteiger partial charge < -0.3 is 15.7 Å². The maximum atomic E-state index is 13.4. The highest BCUT2D eigenvalue weighted by Gasteiger charge is 2.09. The summed E-state index contributed by atoms with van der Waals surface area (Å²) in [5, 5.41) is 13.3. The number of rotatable bonds is 6. The molecule has 0 bridgehead atoms. The molecule has 3 N–H and O–H groups in total. The van der Waals surface area contributed by atoms with Gasteiger partial charge in [0.15, 0.2) is 0 Å². The van der Waals surface area contributed by atoms with Gasteiger partial charge in [-0.3, -0.25) is 4.79 Å². The second-order valence-corrected chi connectivity index (χ2v) is 4.24. The number of halogens is 2. The first-order chi connectivity index (χ1) is 9.00. The Kier molecular flexibility index (Phi) is 6.08. The maximum absolute atomic E-state index is 13.4. The van der Waals surface area contributed by atoms with Crippen LogP contribution in [0.15, 0.2) is 18.2 Å². The number of carboxylic acids is 1. The fraction of sp³-hybridized carbons (Fsp3) is 0.333. The number of hydrogen-bond donors (Lipinski definition) is 3. The molecule has 0 fully saturated rings. The van der Waals surface area contributed by atoms with Crippen molar-refractivity contribution in [2.24, 2.45) is 0 Å². The van der Waals surface area contributed by atoms with Crippen LogP contribution in [0.2, 0.25) is 5.02 Å². The fourth-order valence-electron chi connectivity index (χ4n) is 1.38. The number of aliphatic carboxylic acids is 1. The summed E-state index contributed by atoms with van der Waals surface area (Å²) in [7, 11) is 0. The van der Waals surface area contributed by atoms with Crippen LogP contribution in [-0.2, 0) is 4.79 Å². The smallest absolute Gasteiger partial charge is 0.319 e. The van der Waals surface area contributed by atoms with Crippen molar-refractivity contribution < 1.29 is 19.1 Å². The first-order valence-electron chi connectivity index (χ1n) is 5.71. The summed E-state index contributed by atoms with van der Waals surface area (Å²) < 4.78 is 13.4. The van der Waals surface area contributed by atoms with E-state index >= 15 is 0 Å². The van der Waals surface area contributed by atoms with Gasteiger partial charge in [0.1, 0.15) is 5.82 Å². The summed E-state index contributed by atoms with van der Waals surface area (Å²) in [4.78, 5) is 21.7. The Morgan fingerprint density at radius 3 is 2.68 bits per heavy atom. The van der Waals surface area contributed by atoms with Crippen LogP contribution in [0.4, 0.5) is 14.9 Å². The summed E-state index contributed by atoms with van der Waals surface area (Å²) in [5.74, 6) is -1.49. The SMILES string of the molecule is O=C(O)CCCCNC(=O)Nc1c(F)cccc1Cl. The molecule has 0 radical (unpaired) electrons. The molecule has 0 saturated heterocycles. The predicted octanol–water partition coefficient (Wildman–Crippen LogP) is 2.86. The normalized spacial score (nSPS) is 10.0. The topological polar surface area (TPSA) is 78.4 Å². The Labute approximate surface area is 114 Å². The Morgan fingerprint density at radius 1 is 1.32 bits per heavy atom. The van der Waals surface area contributed by atoms with Crippen LogP contribution < -0.4 is 10.6 Å². The second-order valence-electron chi connectivity index (χ2n) is 3.83. The number of benzene rings is 1. The number of carbonyl (C=O) groups excluding carboxylic acids is 1. The van der Waals surface area contributed by atoms with E-state index in [4.69, 9.17) is 16.7 Å². The van der Waals surface area contributed by atoms with Crippen molar-refractivity contribution in [3.8, 4) is 0 Å². The molecule has 0 aromatic heterocycles. The fourth-order valence-corrected chi connectivity index (χ4v) is 1.59. The van der Waals surface area contributed by atoms with E-state index < -0.39 is 17.8 Å². The third kappa shape index (κ3) is 5.56. The van der Waals surface area contributed by atoms with Crippen LogP contribution in [0.25, 0.3) is 0 Å². The third-order valence-corrected chi connectivity index (χ3v) is 2.62. The van der Waals surface area contributed by atoms with E-state index in [1.165, 1.54) is 18.2 Å². The number of amides is 2. The van der Waals surface area contributed by atoms with Crippen LogP contribution in [0.1, 0.15) is 19.3 Å². The van der Waals surface area contributed by atoms with Gasteiger partial charge in [-0.2, -0.15) is 0 Å². The zero-order chi connectivity index (χ0) is 14.3. The molecule has 7 heteroatoms. The predicted molar refractivity (Wildman–Crippen MR) is 69.9 cm³/mol. The van der Waals surface area contributed by atoms with Gasteiger partial charge in [0.05, 0.1) is 10.7 Å². The van der Waals surface area contributed by atoms with Crippen molar-refractivity contribution in [1.82, 2.24) is 5.32 Å². The van der Waals surface area contributed by atoms with E-state index in [-0.39, 0.29) is 17.1 Å². The molecule has 1 rings (SSSR count). The first kappa shape index (κ1) is 15.2. The summed E-state index contributed by atoms with van der Waals surface area (Å²) in [6, 6.07) is 3.51. The molecule has 0 aliphatic carbocycles. The number of carbonyl (C=O) groups is 2. The molecule has 0 aliphatic heterocycles. The van der Waals surface area contributed by atoms with Gasteiger partial charge in [-0.1, -0.05) is 17.7 Å². The van der Waals surface area contributed by atoms with Gasteiger partial charge in [0.25, 0.3) is 0 Å². The Hall–Kier alpha value is -1.82. The van der Waals surface area contributed by atoms with Gasteiger partial charge >= 0.3 is 12.0 Å². The zero-order valence-corrected chi connectivity index (χ0v) is 10.8. The largest absolute Gasteiger partial charge is 0.481 e. The lowest BCUT2D eigenvalue weighted by Gasteiger charge is -2.09. The highest BCUT2D eigenvalue weighted by atomic mass is 35.5. The van der Waals surface area contributed by atoms with Crippen molar-refractivity contribution in [3.05, 3.63) is 29.0 Å². The lowest BCUT2D eigenvalue weighted by molar-refractivity contribution is -0.137. The molecule has 19 heavy (non-hydrogen) atoms. The van der Waals surface area contributed by atoms with Crippen LogP contribution in [0, 0.1) is 5.82 Å². The molecule has 1 aromatic rings. The monoisotopic (exact) mass is 288 g/mol. The molecule has 0 unspecified atom stereocenters. The van der Waals surface area contributed by atoms with E-state index in [1.807, 2.05) is 0 Å². The molecule has 0 aliphatic rings. The van der Waals surface area contributed by atoms with E-state index in [1.54, 1.807) is 0 Å². The first-order valence-corrected chi connectivity index (χ1v) is 6.09. The van der Waals surface area contributed by atoms with E-state index in [2.05, 4.69) is 10.6 Å². The van der Waals surface area contributed by atoms with Gasteiger partial charge in [0, 0.05) is 13.0 Å². The Morgan fingerprint density at radius 2 is 2.05 bits per heavy atom. The highest BCUT2D eigenvalue weighted by Crippen LogP contribution is 2.24. The molecule has 104 valence electrons. The minimum atomic E-state index is -0.873. The van der Waals surface area contributed by atoms with E-state index in [9.17, 15) is 14.0 Å². The molecule has 0 atom stereocenters. The second kappa shape index (κ2) is 7.58. The quantitative estimate of drug-likeness (QED) is 0.704. The van der Waals surface area contributed by atoms with Crippen molar-refractivity contribution in [3.63, 3.8) is 0 Å². The Balaban J connectivity index is 2.33. The molecule has 0 spiro atoms. The molecular weight excluding hydrogens is 275 g/mol. The summed E-state index contributed by atoms with van der Waals surface area (Å²) in [6.45, 7) is 0.311. The van der Waals surface area contributed by atoms with Crippen LogP contribution in [0.5, 0.6) is 0 Å². The molecular formula is C12H14ClFN2O3. The van der Waals surface area contributed by atoms with Gasteiger partial charge in [-0.15, -0.1) is 0 Å². The van der Waals surface area contributed by atoms with Crippen molar-refractivity contribution in [1.29, 1.82) is 0 Å². The zero-order valence-electron chi connectivity index (χ0n) is 10.1. The van der Waals surface area contributed by atoms with Gasteiger partial charge in [-0.25, -0.2) is 9.18 Å². The minimum absolute atomic E-state index is 0.0580. The van der Waals surface area contributed by atoms with Crippen LogP contribution >= 0.6 is 11.6 Å². The maximum Gasteiger partial charge on any atom is 0.319 e. The molecule has 0 saturated carbocycles. The molecule has 2 amide bonds. The number of unbranched alkanes of at least 4 members (excludes halogenated alkanes) is 1. The highest BCUT2D eigenvalue weighted by molar-refractivity contribution is 6.33. The average molecular weight is 289 g/mol. The number of urea groups is 1. The molecule has 0 heterocycles. The number of para-hydroxylation sites is 1. The lowest BCUT2D eigenvalue weighted by atomic mass is 10.2. The van der Waals surface area contributed by atoms with Crippen LogP contribution in [0.3, 0.4) is 0 Å². The summed E-state index contributed by atoms with van der Waals surface area (Å²) in [6.07, 6.45) is 1.06. The summed E-state index contributed by atoms with van der Waals surface area (Å²) >= 11 is 5.74. The molecule has 5 nitrogen and oxygen atoms in total. The molecule has 1 aromatic carbocycles. The van der Waals surface area contributed by atoms with E-state index in [0.717, 1.165) is 0 Å². The third-order valence-electron chi connectivity index (χ3n) is 2.30. The summed E-state index contributed by atoms with van der Waals surface area (Å²) in [5.41, 5.74) is -0.0767. The Bertz CT molecular complexity index is 448. The van der Waals surface area contributed by atoms with Gasteiger partial charge in [0.2, 0.25) is 0 Å². The lowest BCUT2D eigenvalue weighted by Crippen LogP contribution is -2.30. The van der Waals surface area contributed by atoms with Crippen molar-refractivity contribution >= 4 is 29.3 Å². The number of nitrogens with one attached hydrogen (secondary N) is 2.